The number of Topliss-reactive ketones (excluding diaryl/α,β-unsaturated/α-hetero) is 1. The smallest absolute Gasteiger partial charge is 0.191 e. The highest BCUT2D eigenvalue weighted by Gasteiger charge is 2.01. The van der Waals surface area contributed by atoms with Crippen LogP contribution in [0.3, 0.4) is 0 Å². The normalized spacial score (nSPS) is 12.3. The first kappa shape index (κ1) is 12.8. The zero-order valence-corrected chi connectivity index (χ0v) is 11.2. The molecule has 1 atom stereocenters. The third-order valence-corrected chi connectivity index (χ3v) is 4.01. The SMILES string of the molecule is C/S(=C\C(=O)c1ccccc1)Cc1ccccc1. The lowest BCUT2D eigenvalue weighted by Crippen LogP contribution is -2.00. The van der Waals surface area contributed by atoms with Crippen molar-refractivity contribution in [3.8, 4) is 0 Å². The maximum absolute atomic E-state index is 12.0. The first-order valence-electron chi connectivity index (χ1n) is 5.85. The van der Waals surface area contributed by atoms with Crippen molar-refractivity contribution in [1.29, 1.82) is 0 Å². The second kappa shape index (κ2) is 6.31. The Labute approximate surface area is 110 Å². The van der Waals surface area contributed by atoms with Crippen LogP contribution in [0.5, 0.6) is 0 Å². The molecular formula is C16H16OS. The van der Waals surface area contributed by atoms with E-state index in [1.165, 1.54) is 5.56 Å². The molecular weight excluding hydrogens is 240 g/mol. The van der Waals surface area contributed by atoms with Crippen LogP contribution < -0.4 is 0 Å². The third-order valence-electron chi connectivity index (χ3n) is 2.60. The Bertz CT molecular complexity index is 544. The lowest BCUT2D eigenvalue weighted by atomic mass is 10.2. The molecule has 2 aromatic carbocycles. The van der Waals surface area contributed by atoms with Crippen molar-refractivity contribution in [3.05, 3.63) is 71.8 Å². The Morgan fingerprint density at radius 3 is 2.17 bits per heavy atom. The van der Waals surface area contributed by atoms with Gasteiger partial charge in [-0.05, 0) is 11.8 Å². The zero-order valence-electron chi connectivity index (χ0n) is 10.4. The molecule has 0 aliphatic heterocycles. The summed E-state index contributed by atoms with van der Waals surface area (Å²) in [6.07, 6.45) is 2.10. The van der Waals surface area contributed by atoms with Crippen LogP contribution in [0.15, 0.2) is 60.7 Å². The predicted octanol–water partition coefficient (Wildman–Crippen LogP) is 3.77. The van der Waals surface area contributed by atoms with E-state index in [9.17, 15) is 4.79 Å². The van der Waals surface area contributed by atoms with Gasteiger partial charge >= 0.3 is 0 Å². The van der Waals surface area contributed by atoms with Gasteiger partial charge in [-0.2, -0.15) is 10.5 Å². The van der Waals surface area contributed by atoms with Gasteiger partial charge in [0.25, 0.3) is 0 Å². The molecule has 0 radical (unpaired) electrons. The second-order valence-electron chi connectivity index (χ2n) is 4.17. The number of carbonyl (C=O) groups excluding carboxylic acids is 1. The van der Waals surface area contributed by atoms with Crippen molar-refractivity contribution in [2.75, 3.05) is 6.26 Å². The molecule has 0 aromatic heterocycles. The average molecular weight is 256 g/mol. The second-order valence-corrected chi connectivity index (χ2v) is 6.08. The van der Waals surface area contributed by atoms with Gasteiger partial charge in [-0.25, -0.2) is 0 Å². The van der Waals surface area contributed by atoms with Gasteiger partial charge in [-0.1, -0.05) is 60.7 Å². The summed E-state index contributed by atoms with van der Waals surface area (Å²) in [5.41, 5.74) is 2.05. The Morgan fingerprint density at radius 1 is 1.00 bits per heavy atom. The molecule has 0 saturated carbocycles. The maximum atomic E-state index is 12.0. The third kappa shape index (κ3) is 3.67. The van der Waals surface area contributed by atoms with Gasteiger partial charge < -0.3 is 0 Å². The van der Waals surface area contributed by atoms with Crippen LogP contribution in [0.4, 0.5) is 0 Å². The van der Waals surface area contributed by atoms with Crippen molar-refractivity contribution < 1.29 is 4.79 Å². The Kier molecular flexibility index (Phi) is 4.48. The summed E-state index contributed by atoms with van der Waals surface area (Å²) >= 11 is 0. The fourth-order valence-electron chi connectivity index (χ4n) is 1.73. The Morgan fingerprint density at radius 2 is 1.56 bits per heavy atom. The zero-order chi connectivity index (χ0) is 12.8. The van der Waals surface area contributed by atoms with Gasteiger partial charge in [0.2, 0.25) is 0 Å². The van der Waals surface area contributed by atoms with Crippen LogP contribution in [-0.2, 0) is 5.75 Å². The van der Waals surface area contributed by atoms with E-state index in [4.69, 9.17) is 0 Å². The summed E-state index contributed by atoms with van der Waals surface area (Å²) in [5, 5.41) is 1.84. The van der Waals surface area contributed by atoms with E-state index in [1.807, 2.05) is 53.9 Å². The van der Waals surface area contributed by atoms with E-state index < -0.39 is 0 Å². The average Bonchev–Trinajstić information content (AvgIpc) is 2.40. The van der Waals surface area contributed by atoms with E-state index >= 15 is 0 Å². The van der Waals surface area contributed by atoms with E-state index in [1.54, 1.807) is 0 Å². The summed E-state index contributed by atoms with van der Waals surface area (Å²) in [5.74, 6) is 1.05. The predicted molar refractivity (Wildman–Crippen MR) is 80.5 cm³/mol. The van der Waals surface area contributed by atoms with Crippen molar-refractivity contribution in [3.63, 3.8) is 0 Å². The molecule has 18 heavy (non-hydrogen) atoms. The summed E-state index contributed by atoms with van der Waals surface area (Å²) in [4.78, 5) is 12.0. The van der Waals surface area contributed by atoms with Gasteiger partial charge in [0.1, 0.15) is 0 Å². The molecule has 0 heterocycles. The Hall–Kier alpha value is -1.67. The molecule has 0 saturated heterocycles. The molecule has 0 amide bonds. The van der Waals surface area contributed by atoms with Gasteiger partial charge in [0.15, 0.2) is 5.78 Å². The topological polar surface area (TPSA) is 17.1 Å². The Balaban J connectivity index is 2.07. The number of ketones is 1. The minimum absolute atomic E-state index is 0.0261. The van der Waals surface area contributed by atoms with Crippen LogP contribution in [0.25, 0.3) is 0 Å². The fraction of sp³-hybridized carbons (Fsp3) is 0.125. The maximum Gasteiger partial charge on any atom is 0.191 e. The minimum Gasteiger partial charge on any atom is -0.289 e. The molecule has 92 valence electrons. The van der Waals surface area contributed by atoms with E-state index in [0.29, 0.717) is 0 Å². The van der Waals surface area contributed by atoms with Crippen LogP contribution >= 0.6 is 10.5 Å². The van der Waals surface area contributed by atoms with Gasteiger partial charge in [-0.15, -0.1) is 0 Å². The van der Waals surface area contributed by atoms with Crippen molar-refractivity contribution in [2.24, 2.45) is 0 Å². The molecule has 0 spiro atoms. The molecule has 0 fully saturated rings. The molecule has 1 nitrogen and oxygen atoms in total. The van der Waals surface area contributed by atoms with Gasteiger partial charge in [-0.3, -0.25) is 4.79 Å². The summed E-state index contributed by atoms with van der Waals surface area (Å²) in [6, 6.07) is 19.7. The fourth-order valence-corrected chi connectivity index (χ4v) is 3.04. The van der Waals surface area contributed by atoms with Crippen molar-refractivity contribution in [1.82, 2.24) is 0 Å². The number of hydrogen-bond acceptors (Lipinski definition) is 1. The highest BCUT2D eigenvalue weighted by molar-refractivity contribution is 8.14. The quantitative estimate of drug-likeness (QED) is 0.601. The molecule has 1 unspecified atom stereocenters. The monoisotopic (exact) mass is 256 g/mol. The largest absolute Gasteiger partial charge is 0.289 e. The first-order chi connectivity index (χ1) is 8.75. The van der Waals surface area contributed by atoms with Crippen LogP contribution in [-0.4, -0.2) is 17.4 Å². The van der Waals surface area contributed by atoms with E-state index in [2.05, 4.69) is 18.4 Å². The van der Waals surface area contributed by atoms with Gasteiger partial charge in [0, 0.05) is 16.7 Å². The first-order valence-corrected chi connectivity index (χ1v) is 7.72. The standard InChI is InChI=1S/C16H16OS/c1-18(12-14-8-4-2-5-9-14)13-16(17)15-10-6-3-7-11-15/h2-11,13H,12H2,1H3. The van der Waals surface area contributed by atoms with Gasteiger partial charge in [0.05, 0.1) is 0 Å². The number of hydrogen-bond donors (Lipinski definition) is 0. The molecule has 2 rings (SSSR count). The lowest BCUT2D eigenvalue weighted by Gasteiger charge is -2.03. The minimum atomic E-state index is -0.0261. The van der Waals surface area contributed by atoms with E-state index in [0.717, 1.165) is 11.3 Å². The van der Waals surface area contributed by atoms with Crippen LogP contribution in [0.2, 0.25) is 0 Å². The van der Waals surface area contributed by atoms with Crippen molar-refractivity contribution in [2.45, 2.75) is 5.75 Å². The number of rotatable bonds is 4. The molecule has 0 bridgehead atoms. The van der Waals surface area contributed by atoms with Crippen LogP contribution in [0.1, 0.15) is 15.9 Å². The summed E-state index contributed by atoms with van der Waals surface area (Å²) in [6.45, 7) is 0. The van der Waals surface area contributed by atoms with E-state index in [-0.39, 0.29) is 16.3 Å². The van der Waals surface area contributed by atoms with Crippen molar-refractivity contribution >= 4 is 21.6 Å². The molecule has 0 aliphatic carbocycles. The molecule has 2 heteroatoms. The molecule has 0 aliphatic rings. The number of benzene rings is 2. The summed E-state index contributed by atoms with van der Waals surface area (Å²) in [7, 11) is -0.0261. The summed E-state index contributed by atoms with van der Waals surface area (Å²) < 4.78 is 0. The molecule has 2 aromatic rings. The molecule has 0 N–H and O–H groups in total. The highest BCUT2D eigenvalue weighted by atomic mass is 32.2. The van der Waals surface area contributed by atoms with Crippen LogP contribution in [0, 0.1) is 0 Å². The lowest BCUT2D eigenvalue weighted by molar-refractivity contribution is 0.107. The number of carbonyl (C=O) groups is 1. The highest BCUT2D eigenvalue weighted by Crippen LogP contribution is 2.16.